The molecule has 1 saturated heterocycles. The molecule has 0 spiro atoms. The number of nitrogens with one attached hydrogen (secondary N) is 2. The molecule has 4 nitrogen and oxygen atoms in total. The summed E-state index contributed by atoms with van der Waals surface area (Å²) in [6.45, 7) is 4.22. The van der Waals surface area contributed by atoms with E-state index >= 15 is 0 Å². The number of thioether (sulfide) groups is 1. The van der Waals surface area contributed by atoms with Crippen molar-refractivity contribution in [3.8, 4) is 0 Å². The second-order valence-electron chi connectivity index (χ2n) is 5.53. The molecule has 6 heteroatoms. The number of benzene rings is 1. The Bertz CT molecular complexity index is 571. The van der Waals surface area contributed by atoms with Gasteiger partial charge in [0.1, 0.15) is 0 Å². The Labute approximate surface area is 132 Å². The number of hydrogen-bond donors (Lipinski definition) is 2. The quantitative estimate of drug-likeness (QED) is 0.872. The Kier molecular flexibility index (Phi) is 5.57. The van der Waals surface area contributed by atoms with Crippen LogP contribution in [0.25, 0.3) is 0 Å². The zero-order valence-corrected chi connectivity index (χ0v) is 14.5. The van der Waals surface area contributed by atoms with Gasteiger partial charge in [-0.25, -0.2) is 13.1 Å². The van der Waals surface area contributed by atoms with Crippen molar-refractivity contribution in [1.29, 1.82) is 0 Å². The molecule has 0 amide bonds. The van der Waals surface area contributed by atoms with Crippen LogP contribution in [0.15, 0.2) is 17.0 Å². The van der Waals surface area contributed by atoms with Crippen molar-refractivity contribution < 1.29 is 8.42 Å². The fraction of sp³-hybridized carbons (Fsp3) is 0.600. The van der Waals surface area contributed by atoms with Gasteiger partial charge in [0.25, 0.3) is 0 Å². The van der Waals surface area contributed by atoms with E-state index in [0.717, 1.165) is 29.0 Å². The minimum atomic E-state index is -3.44. The largest absolute Gasteiger partial charge is 0.388 e. The summed E-state index contributed by atoms with van der Waals surface area (Å²) in [7, 11) is -1.60. The van der Waals surface area contributed by atoms with Crippen molar-refractivity contribution >= 4 is 27.5 Å². The average molecular weight is 329 g/mol. The number of rotatable bonds is 5. The first-order valence-electron chi connectivity index (χ1n) is 7.34. The molecule has 1 unspecified atom stereocenters. The van der Waals surface area contributed by atoms with E-state index in [1.54, 1.807) is 0 Å². The lowest BCUT2D eigenvalue weighted by molar-refractivity contribution is 0.572. The molecule has 0 aliphatic carbocycles. The van der Waals surface area contributed by atoms with Crippen LogP contribution in [-0.4, -0.2) is 33.0 Å². The maximum atomic E-state index is 12.6. The van der Waals surface area contributed by atoms with Crippen molar-refractivity contribution in [1.82, 2.24) is 4.72 Å². The summed E-state index contributed by atoms with van der Waals surface area (Å²) < 4.78 is 27.9. The topological polar surface area (TPSA) is 58.2 Å². The van der Waals surface area contributed by atoms with E-state index in [1.165, 1.54) is 12.8 Å². The summed E-state index contributed by atoms with van der Waals surface area (Å²) >= 11 is 1.88. The third kappa shape index (κ3) is 4.14. The highest BCUT2D eigenvalue weighted by molar-refractivity contribution is 8.00. The van der Waals surface area contributed by atoms with Crippen LogP contribution in [0.2, 0.25) is 0 Å². The average Bonchev–Trinajstić information content (AvgIpc) is 2.45. The van der Waals surface area contributed by atoms with E-state index in [9.17, 15) is 8.42 Å². The van der Waals surface area contributed by atoms with Crippen molar-refractivity contribution in [3.63, 3.8) is 0 Å². The van der Waals surface area contributed by atoms with Gasteiger partial charge in [0, 0.05) is 24.5 Å². The highest BCUT2D eigenvalue weighted by Gasteiger charge is 2.22. The Hall–Kier alpha value is -0.720. The molecule has 0 saturated carbocycles. The van der Waals surface area contributed by atoms with Crippen LogP contribution < -0.4 is 10.0 Å². The third-order valence-electron chi connectivity index (χ3n) is 3.79. The van der Waals surface area contributed by atoms with Gasteiger partial charge < -0.3 is 5.32 Å². The third-order valence-corrected chi connectivity index (χ3v) is 6.92. The van der Waals surface area contributed by atoms with Crippen LogP contribution in [-0.2, 0) is 10.0 Å². The maximum absolute atomic E-state index is 12.6. The molecule has 21 heavy (non-hydrogen) atoms. The minimum absolute atomic E-state index is 0.408. The van der Waals surface area contributed by atoms with E-state index in [2.05, 4.69) is 10.0 Å². The fourth-order valence-corrected chi connectivity index (χ4v) is 5.64. The molecule has 2 N–H and O–H groups in total. The first kappa shape index (κ1) is 16.6. The molecule has 1 heterocycles. The summed E-state index contributed by atoms with van der Waals surface area (Å²) in [5.74, 6) is 1.14. The van der Waals surface area contributed by atoms with E-state index in [0.29, 0.717) is 16.7 Å². The van der Waals surface area contributed by atoms with Gasteiger partial charge in [-0.3, -0.25) is 0 Å². The Morgan fingerprint density at radius 3 is 2.43 bits per heavy atom. The molecule has 1 aromatic rings. The summed E-state index contributed by atoms with van der Waals surface area (Å²) in [5, 5.41) is 3.46. The molecule has 1 aliphatic rings. The zero-order valence-electron chi connectivity index (χ0n) is 12.9. The fourth-order valence-electron chi connectivity index (χ4n) is 2.76. The molecule has 0 aromatic heterocycles. The summed E-state index contributed by atoms with van der Waals surface area (Å²) in [4.78, 5) is 0.419. The lowest BCUT2D eigenvalue weighted by atomic mass is 10.1. The van der Waals surface area contributed by atoms with Crippen LogP contribution in [0.3, 0.4) is 0 Å². The Morgan fingerprint density at radius 1 is 1.24 bits per heavy atom. The molecular formula is C15H24N2O2S2. The van der Waals surface area contributed by atoms with Gasteiger partial charge in [-0.15, -0.1) is 0 Å². The first-order chi connectivity index (χ1) is 9.94. The van der Waals surface area contributed by atoms with Crippen LogP contribution in [0, 0.1) is 13.8 Å². The van der Waals surface area contributed by atoms with Crippen molar-refractivity contribution in [2.24, 2.45) is 0 Å². The Balaban J connectivity index is 2.15. The van der Waals surface area contributed by atoms with E-state index in [4.69, 9.17) is 0 Å². The van der Waals surface area contributed by atoms with Crippen molar-refractivity contribution in [3.05, 3.63) is 23.3 Å². The second kappa shape index (κ2) is 7.03. The van der Waals surface area contributed by atoms with Gasteiger partial charge in [0.2, 0.25) is 10.0 Å². The van der Waals surface area contributed by atoms with Crippen LogP contribution >= 0.6 is 11.8 Å². The number of anilines is 1. The highest BCUT2D eigenvalue weighted by atomic mass is 32.2. The van der Waals surface area contributed by atoms with Crippen LogP contribution in [0.5, 0.6) is 0 Å². The maximum Gasteiger partial charge on any atom is 0.241 e. The molecule has 1 fully saturated rings. The molecule has 2 rings (SSSR count). The molecule has 0 radical (unpaired) electrons. The molecule has 1 atom stereocenters. The van der Waals surface area contributed by atoms with Crippen molar-refractivity contribution in [2.45, 2.75) is 43.3 Å². The van der Waals surface area contributed by atoms with Gasteiger partial charge >= 0.3 is 0 Å². The lowest BCUT2D eigenvalue weighted by Crippen LogP contribution is -2.32. The van der Waals surface area contributed by atoms with Gasteiger partial charge in [0.05, 0.1) is 4.90 Å². The number of sulfonamides is 1. The second-order valence-corrected chi connectivity index (χ2v) is 8.64. The van der Waals surface area contributed by atoms with Gasteiger partial charge in [-0.1, -0.05) is 6.42 Å². The van der Waals surface area contributed by atoms with Crippen LogP contribution in [0.4, 0.5) is 5.69 Å². The van der Waals surface area contributed by atoms with E-state index in [-0.39, 0.29) is 0 Å². The normalized spacial score (nSPS) is 19.5. The lowest BCUT2D eigenvalue weighted by Gasteiger charge is -2.22. The monoisotopic (exact) mass is 328 g/mol. The molecule has 1 aromatic carbocycles. The standard InChI is InChI=1S/C15H24N2O2S2/c1-11-8-13(16-3)9-12(2)15(11)21(18,19)17-10-14-6-4-5-7-20-14/h8-9,14,16-17H,4-7,10H2,1-3H3. The minimum Gasteiger partial charge on any atom is -0.388 e. The molecule has 118 valence electrons. The molecule has 1 aliphatic heterocycles. The van der Waals surface area contributed by atoms with Gasteiger partial charge in [0.15, 0.2) is 0 Å². The van der Waals surface area contributed by atoms with Crippen molar-refractivity contribution in [2.75, 3.05) is 24.7 Å². The number of hydrogen-bond acceptors (Lipinski definition) is 4. The van der Waals surface area contributed by atoms with Crippen LogP contribution in [0.1, 0.15) is 30.4 Å². The number of aryl methyl sites for hydroxylation is 2. The predicted molar refractivity (Wildman–Crippen MR) is 90.7 cm³/mol. The predicted octanol–water partition coefficient (Wildman–Crippen LogP) is 2.91. The van der Waals surface area contributed by atoms with E-state index in [1.807, 2.05) is 44.8 Å². The molecule has 0 bridgehead atoms. The summed E-state index contributed by atoms with van der Waals surface area (Å²) in [6.07, 6.45) is 3.55. The van der Waals surface area contributed by atoms with Gasteiger partial charge in [-0.2, -0.15) is 11.8 Å². The Morgan fingerprint density at radius 2 is 1.90 bits per heavy atom. The smallest absolute Gasteiger partial charge is 0.241 e. The summed E-state index contributed by atoms with van der Waals surface area (Å²) in [6, 6.07) is 3.74. The van der Waals surface area contributed by atoms with Gasteiger partial charge in [-0.05, 0) is 55.7 Å². The first-order valence-corrected chi connectivity index (χ1v) is 9.87. The SMILES string of the molecule is CNc1cc(C)c(S(=O)(=O)NCC2CCCCS2)c(C)c1. The molecular weight excluding hydrogens is 304 g/mol. The zero-order chi connectivity index (χ0) is 15.5. The highest BCUT2D eigenvalue weighted by Crippen LogP contribution is 2.27. The summed E-state index contributed by atoms with van der Waals surface area (Å²) in [5.41, 5.74) is 2.50. The van der Waals surface area contributed by atoms with E-state index < -0.39 is 10.0 Å².